The van der Waals surface area contributed by atoms with Crippen LogP contribution in [0.15, 0.2) is 0 Å². The van der Waals surface area contributed by atoms with Crippen LogP contribution in [-0.4, -0.2) is 37.0 Å². The SMILES string of the molecule is CCC(C#N)(CC)C(=O)NCCN(C)C1CC1. The molecule has 4 nitrogen and oxygen atoms in total. The van der Waals surface area contributed by atoms with Crippen molar-refractivity contribution in [1.29, 1.82) is 5.26 Å². The Bertz CT molecular complexity index is 300. The van der Waals surface area contributed by atoms with Crippen LogP contribution in [0.25, 0.3) is 0 Å². The Kier molecular flexibility index (Phi) is 4.95. The topological polar surface area (TPSA) is 56.1 Å². The molecule has 0 aliphatic heterocycles. The molecule has 1 aliphatic carbocycles. The van der Waals surface area contributed by atoms with E-state index >= 15 is 0 Å². The van der Waals surface area contributed by atoms with Crippen molar-refractivity contribution in [3.05, 3.63) is 0 Å². The molecule has 0 bridgehead atoms. The summed E-state index contributed by atoms with van der Waals surface area (Å²) in [7, 11) is 2.08. The Morgan fingerprint density at radius 2 is 2.06 bits per heavy atom. The van der Waals surface area contributed by atoms with Crippen molar-refractivity contribution in [2.75, 3.05) is 20.1 Å². The van der Waals surface area contributed by atoms with Crippen LogP contribution in [-0.2, 0) is 4.79 Å². The average Bonchev–Trinajstić information content (AvgIpc) is 3.16. The number of nitriles is 1. The summed E-state index contributed by atoms with van der Waals surface area (Å²) < 4.78 is 0. The lowest BCUT2D eigenvalue weighted by atomic mass is 9.83. The van der Waals surface area contributed by atoms with Crippen LogP contribution in [0, 0.1) is 16.7 Å². The number of nitrogens with zero attached hydrogens (tertiary/aromatic N) is 2. The number of nitrogens with one attached hydrogen (secondary N) is 1. The minimum Gasteiger partial charge on any atom is -0.353 e. The molecule has 1 fully saturated rings. The molecule has 0 aromatic heterocycles. The van der Waals surface area contributed by atoms with E-state index in [4.69, 9.17) is 5.26 Å². The quantitative estimate of drug-likeness (QED) is 0.730. The number of rotatable bonds is 7. The van der Waals surface area contributed by atoms with E-state index in [1.807, 2.05) is 13.8 Å². The monoisotopic (exact) mass is 237 g/mol. The minimum absolute atomic E-state index is 0.116. The third kappa shape index (κ3) is 3.44. The molecule has 96 valence electrons. The first-order valence-electron chi connectivity index (χ1n) is 6.49. The fourth-order valence-corrected chi connectivity index (χ4v) is 1.99. The maximum atomic E-state index is 12.0. The van der Waals surface area contributed by atoms with E-state index in [-0.39, 0.29) is 5.91 Å². The number of hydrogen-bond acceptors (Lipinski definition) is 3. The van der Waals surface area contributed by atoms with Gasteiger partial charge in [-0.05, 0) is 32.7 Å². The summed E-state index contributed by atoms with van der Waals surface area (Å²) in [5.74, 6) is -0.116. The van der Waals surface area contributed by atoms with Crippen LogP contribution in [0.3, 0.4) is 0 Å². The average molecular weight is 237 g/mol. The first-order chi connectivity index (χ1) is 8.09. The predicted octanol–water partition coefficient (Wildman–Crippen LogP) is 1.53. The molecule has 1 amide bonds. The molecule has 1 saturated carbocycles. The summed E-state index contributed by atoms with van der Waals surface area (Å²) in [6, 6.07) is 2.88. The summed E-state index contributed by atoms with van der Waals surface area (Å²) in [5.41, 5.74) is -0.835. The molecule has 1 rings (SSSR count). The van der Waals surface area contributed by atoms with Gasteiger partial charge in [-0.2, -0.15) is 5.26 Å². The van der Waals surface area contributed by atoms with Crippen LogP contribution in [0.5, 0.6) is 0 Å². The third-order valence-electron chi connectivity index (χ3n) is 3.78. The first-order valence-corrected chi connectivity index (χ1v) is 6.49. The highest BCUT2D eigenvalue weighted by atomic mass is 16.2. The van der Waals surface area contributed by atoms with Crippen molar-refractivity contribution in [2.45, 2.75) is 45.6 Å². The normalized spacial score (nSPS) is 15.7. The number of carbonyl (C=O) groups excluding carboxylic acids is 1. The highest BCUT2D eigenvalue weighted by Gasteiger charge is 2.34. The lowest BCUT2D eigenvalue weighted by Crippen LogP contribution is -2.42. The molecule has 4 heteroatoms. The maximum Gasteiger partial charge on any atom is 0.240 e. The van der Waals surface area contributed by atoms with E-state index in [1.54, 1.807) is 0 Å². The summed E-state index contributed by atoms with van der Waals surface area (Å²) >= 11 is 0. The largest absolute Gasteiger partial charge is 0.353 e. The zero-order chi connectivity index (χ0) is 12.9. The molecule has 0 aromatic rings. The molecular formula is C13H23N3O. The Hall–Kier alpha value is -1.08. The second-order valence-corrected chi connectivity index (χ2v) is 4.87. The van der Waals surface area contributed by atoms with Gasteiger partial charge in [-0.15, -0.1) is 0 Å². The molecule has 17 heavy (non-hydrogen) atoms. The molecular weight excluding hydrogens is 214 g/mol. The summed E-state index contributed by atoms with van der Waals surface area (Å²) in [6.45, 7) is 5.28. The summed E-state index contributed by atoms with van der Waals surface area (Å²) in [6.07, 6.45) is 3.70. The van der Waals surface area contributed by atoms with Crippen LogP contribution in [0.1, 0.15) is 39.5 Å². The number of carbonyl (C=O) groups is 1. The third-order valence-corrected chi connectivity index (χ3v) is 3.78. The van der Waals surface area contributed by atoms with Crippen molar-refractivity contribution in [3.63, 3.8) is 0 Å². The van der Waals surface area contributed by atoms with Crippen LogP contribution >= 0.6 is 0 Å². The highest BCUT2D eigenvalue weighted by Crippen LogP contribution is 2.26. The zero-order valence-corrected chi connectivity index (χ0v) is 11.1. The van der Waals surface area contributed by atoms with Gasteiger partial charge in [0.15, 0.2) is 0 Å². The van der Waals surface area contributed by atoms with Gasteiger partial charge in [-0.25, -0.2) is 0 Å². The number of hydrogen-bond donors (Lipinski definition) is 1. The van der Waals surface area contributed by atoms with Gasteiger partial charge in [0, 0.05) is 19.1 Å². The summed E-state index contributed by atoms with van der Waals surface area (Å²) in [5, 5.41) is 12.0. The van der Waals surface area contributed by atoms with E-state index < -0.39 is 5.41 Å². The molecule has 0 atom stereocenters. The number of amides is 1. The minimum atomic E-state index is -0.835. The van der Waals surface area contributed by atoms with Crippen LogP contribution < -0.4 is 5.32 Å². The van der Waals surface area contributed by atoms with Crippen molar-refractivity contribution in [2.24, 2.45) is 5.41 Å². The fourth-order valence-electron chi connectivity index (χ4n) is 1.99. The molecule has 0 radical (unpaired) electrons. The van der Waals surface area contributed by atoms with Gasteiger partial charge in [-0.1, -0.05) is 13.8 Å². The highest BCUT2D eigenvalue weighted by molar-refractivity contribution is 5.85. The smallest absolute Gasteiger partial charge is 0.240 e. The number of likely N-dealkylation sites (N-methyl/N-ethyl adjacent to an activating group) is 1. The van der Waals surface area contributed by atoms with E-state index in [0.29, 0.717) is 25.4 Å². The predicted molar refractivity (Wildman–Crippen MR) is 67.3 cm³/mol. The first kappa shape index (κ1) is 14.0. The Morgan fingerprint density at radius 3 is 2.47 bits per heavy atom. The fraction of sp³-hybridized carbons (Fsp3) is 0.846. The van der Waals surface area contributed by atoms with E-state index in [2.05, 4.69) is 23.3 Å². The van der Waals surface area contributed by atoms with Crippen molar-refractivity contribution < 1.29 is 4.79 Å². The van der Waals surface area contributed by atoms with Crippen molar-refractivity contribution in [1.82, 2.24) is 10.2 Å². The molecule has 0 heterocycles. The van der Waals surface area contributed by atoms with Crippen molar-refractivity contribution >= 4 is 5.91 Å². The second-order valence-electron chi connectivity index (χ2n) is 4.87. The van der Waals surface area contributed by atoms with Gasteiger partial charge in [0.2, 0.25) is 5.91 Å². The van der Waals surface area contributed by atoms with E-state index in [9.17, 15) is 4.79 Å². The van der Waals surface area contributed by atoms with Gasteiger partial charge in [0.1, 0.15) is 5.41 Å². The molecule has 0 saturated heterocycles. The standard InChI is InChI=1S/C13H23N3O/c1-4-13(5-2,10-14)12(17)15-8-9-16(3)11-6-7-11/h11H,4-9H2,1-3H3,(H,15,17). The van der Waals surface area contributed by atoms with Gasteiger partial charge in [0.05, 0.1) is 6.07 Å². The van der Waals surface area contributed by atoms with Crippen molar-refractivity contribution in [3.8, 4) is 6.07 Å². The molecule has 0 unspecified atom stereocenters. The van der Waals surface area contributed by atoms with Crippen LogP contribution in [0.2, 0.25) is 0 Å². The van der Waals surface area contributed by atoms with Crippen LogP contribution in [0.4, 0.5) is 0 Å². The van der Waals surface area contributed by atoms with Gasteiger partial charge >= 0.3 is 0 Å². The zero-order valence-electron chi connectivity index (χ0n) is 11.1. The van der Waals surface area contributed by atoms with Gasteiger partial charge in [-0.3, -0.25) is 4.79 Å². The maximum absolute atomic E-state index is 12.0. The lowest BCUT2D eigenvalue weighted by Gasteiger charge is -2.23. The lowest BCUT2D eigenvalue weighted by molar-refractivity contribution is -0.128. The Balaban J connectivity index is 2.34. The summed E-state index contributed by atoms with van der Waals surface area (Å²) in [4.78, 5) is 14.2. The molecule has 1 aliphatic rings. The molecule has 1 N–H and O–H groups in total. The van der Waals surface area contributed by atoms with Gasteiger partial charge in [0.25, 0.3) is 0 Å². The van der Waals surface area contributed by atoms with E-state index in [1.165, 1.54) is 12.8 Å². The Morgan fingerprint density at radius 1 is 1.47 bits per heavy atom. The molecule has 0 spiro atoms. The van der Waals surface area contributed by atoms with Gasteiger partial charge < -0.3 is 10.2 Å². The molecule has 0 aromatic carbocycles. The van der Waals surface area contributed by atoms with E-state index in [0.717, 1.165) is 6.54 Å². The second kappa shape index (κ2) is 6.02. The Labute approximate surface area is 104 Å².